The number of carbonyl (C=O) groups excluding carboxylic acids is 1. The topological polar surface area (TPSA) is 129 Å². The van der Waals surface area contributed by atoms with Crippen LogP contribution in [0, 0.1) is 11.3 Å². The van der Waals surface area contributed by atoms with Gasteiger partial charge in [0.15, 0.2) is 5.82 Å². The lowest BCUT2D eigenvalue weighted by molar-refractivity contribution is 0.0645. The third kappa shape index (κ3) is 4.64. The molecule has 0 unspecified atom stereocenters. The molecule has 0 spiro atoms. The highest BCUT2D eigenvalue weighted by Gasteiger charge is 2.26. The average Bonchev–Trinajstić information content (AvgIpc) is 2.86. The van der Waals surface area contributed by atoms with Gasteiger partial charge < -0.3 is 20.1 Å². The van der Waals surface area contributed by atoms with Gasteiger partial charge >= 0.3 is 0 Å². The molecule has 0 radical (unpaired) electrons. The molecule has 10 nitrogen and oxygen atoms in total. The number of anilines is 3. The van der Waals surface area contributed by atoms with Gasteiger partial charge in [-0.15, -0.1) is 0 Å². The van der Waals surface area contributed by atoms with Gasteiger partial charge in [0.2, 0.25) is 0 Å². The number of carbonyl (C=O) groups is 1. The van der Waals surface area contributed by atoms with Crippen LogP contribution in [0.4, 0.5) is 17.1 Å². The number of likely N-dealkylation sites (tertiary alicyclic amines) is 1. The molecule has 1 aromatic carbocycles. The number of nitrogens with one attached hydrogen (secondary N) is 2. The van der Waals surface area contributed by atoms with E-state index in [2.05, 4.69) is 31.7 Å². The van der Waals surface area contributed by atoms with Gasteiger partial charge in [-0.3, -0.25) is 9.59 Å². The number of halogens is 1. The third-order valence-corrected chi connectivity index (χ3v) is 6.82. The molecular formula is C27H25ClN8O2. The summed E-state index contributed by atoms with van der Waals surface area (Å²) in [6, 6.07) is 12.4. The third-order valence-electron chi connectivity index (χ3n) is 6.55. The van der Waals surface area contributed by atoms with Gasteiger partial charge in [0.1, 0.15) is 22.5 Å². The van der Waals surface area contributed by atoms with E-state index >= 15 is 0 Å². The van der Waals surface area contributed by atoms with E-state index in [1.165, 1.54) is 6.07 Å². The summed E-state index contributed by atoms with van der Waals surface area (Å²) in [5, 5.41) is 17.1. The molecule has 3 aromatic heterocycles. The molecule has 1 fully saturated rings. The van der Waals surface area contributed by atoms with E-state index in [1.807, 2.05) is 26.0 Å². The van der Waals surface area contributed by atoms with Gasteiger partial charge in [0.25, 0.3) is 11.5 Å². The molecular weight excluding hydrogens is 504 g/mol. The van der Waals surface area contributed by atoms with Crippen molar-refractivity contribution in [2.45, 2.75) is 25.8 Å². The van der Waals surface area contributed by atoms with E-state index in [-0.39, 0.29) is 27.9 Å². The monoisotopic (exact) mass is 528 g/mol. The molecule has 11 heteroatoms. The molecule has 0 aliphatic carbocycles. The zero-order valence-corrected chi connectivity index (χ0v) is 21.9. The second-order valence-electron chi connectivity index (χ2n) is 9.61. The van der Waals surface area contributed by atoms with Crippen molar-refractivity contribution in [3.05, 3.63) is 81.4 Å². The standard InChI is InChI=1S/C27H25ClN8O2/c1-27(2,26-30-8-4-9-31-26)34-20-14-23(37)35(3)22-7-6-16(12-17(20)22)32-19-13-21(25(38)36-10-5-11-36)33-24(28)18(19)15-29/h4,6-9,12-14,34H,5,10-11H2,1-3H3,(H,32,33). The largest absolute Gasteiger partial charge is 0.372 e. The van der Waals surface area contributed by atoms with Crippen LogP contribution in [0.25, 0.3) is 10.9 Å². The van der Waals surface area contributed by atoms with Crippen molar-refractivity contribution in [3.63, 3.8) is 0 Å². The summed E-state index contributed by atoms with van der Waals surface area (Å²) in [5.41, 5.74) is 1.76. The second kappa shape index (κ2) is 9.76. The zero-order chi connectivity index (χ0) is 27.0. The first-order valence-corrected chi connectivity index (χ1v) is 12.4. The van der Waals surface area contributed by atoms with Crippen molar-refractivity contribution in [1.29, 1.82) is 5.26 Å². The van der Waals surface area contributed by atoms with Crippen molar-refractivity contribution < 1.29 is 4.79 Å². The highest BCUT2D eigenvalue weighted by molar-refractivity contribution is 6.31. The first kappa shape index (κ1) is 25.2. The minimum absolute atomic E-state index is 0.0449. The molecule has 2 N–H and O–H groups in total. The normalized spacial score (nSPS) is 13.1. The Morgan fingerprint density at radius 3 is 2.53 bits per heavy atom. The first-order chi connectivity index (χ1) is 18.2. The number of fused-ring (bicyclic) bond motifs is 1. The van der Waals surface area contributed by atoms with Crippen LogP contribution in [-0.2, 0) is 12.6 Å². The van der Waals surface area contributed by atoms with Gasteiger partial charge in [0, 0.05) is 55.4 Å². The zero-order valence-electron chi connectivity index (χ0n) is 21.1. The number of benzene rings is 1. The molecule has 0 atom stereocenters. The lowest BCUT2D eigenvalue weighted by Gasteiger charge is -2.30. The number of nitrogens with zero attached hydrogens (tertiary/aromatic N) is 6. The maximum absolute atomic E-state index is 12.8. The van der Waals surface area contributed by atoms with Crippen LogP contribution in [0.1, 0.15) is 42.1 Å². The van der Waals surface area contributed by atoms with Crippen LogP contribution >= 0.6 is 11.6 Å². The number of rotatable bonds is 6. The molecule has 192 valence electrons. The van der Waals surface area contributed by atoms with Gasteiger partial charge in [-0.2, -0.15) is 5.26 Å². The fraction of sp³-hybridized carbons (Fsp3) is 0.259. The number of nitriles is 1. The number of amides is 1. The molecule has 1 aliphatic heterocycles. The Morgan fingerprint density at radius 2 is 1.87 bits per heavy atom. The summed E-state index contributed by atoms with van der Waals surface area (Å²) in [6.45, 7) is 5.21. The van der Waals surface area contributed by atoms with Crippen LogP contribution in [0.15, 0.2) is 53.6 Å². The molecule has 1 saturated heterocycles. The fourth-order valence-corrected chi connectivity index (χ4v) is 4.56. The van der Waals surface area contributed by atoms with E-state index < -0.39 is 5.54 Å². The Kier molecular flexibility index (Phi) is 6.46. The summed E-state index contributed by atoms with van der Waals surface area (Å²) < 4.78 is 1.56. The summed E-state index contributed by atoms with van der Waals surface area (Å²) in [5.74, 6) is 0.351. The fourth-order valence-electron chi connectivity index (χ4n) is 4.32. The van der Waals surface area contributed by atoms with Gasteiger partial charge in [0.05, 0.1) is 16.7 Å². The Balaban J connectivity index is 1.56. The van der Waals surface area contributed by atoms with E-state index in [9.17, 15) is 14.9 Å². The van der Waals surface area contributed by atoms with Crippen molar-refractivity contribution in [2.75, 3.05) is 23.7 Å². The Labute approximate surface area is 223 Å². The van der Waals surface area contributed by atoms with Crippen LogP contribution in [0.2, 0.25) is 5.15 Å². The van der Waals surface area contributed by atoms with Crippen LogP contribution in [-0.4, -0.2) is 43.4 Å². The van der Waals surface area contributed by atoms with E-state index in [0.29, 0.717) is 41.5 Å². The maximum atomic E-state index is 12.8. The second-order valence-corrected chi connectivity index (χ2v) is 9.97. The molecule has 1 aliphatic rings. The van der Waals surface area contributed by atoms with Gasteiger partial charge in [-0.25, -0.2) is 15.0 Å². The van der Waals surface area contributed by atoms with Crippen molar-refractivity contribution in [1.82, 2.24) is 24.4 Å². The van der Waals surface area contributed by atoms with Gasteiger partial charge in [-0.1, -0.05) is 11.6 Å². The quantitative estimate of drug-likeness (QED) is 0.356. The Bertz CT molecular complexity index is 1660. The summed E-state index contributed by atoms with van der Waals surface area (Å²) in [7, 11) is 1.71. The molecule has 4 aromatic rings. The molecule has 5 rings (SSSR count). The Morgan fingerprint density at radius 1 is 1.13 bits per heavy atom. The highest BCUT2D eigenvalue weighted by Crippen LogP contribution is 2.32. The van der Waals surface area contributed by atoms with E-state index in [4.69, 9.17) is 11.6 Å². The summed E-state index contributed by atoms with van der Waals surface area (Å²) >= 11 is 6.30. The van der Waals surface area contributed by atoms with E-state index in [0.717, 1.165) is 11.8 Å². The van der Waals surface area contributed by atoms with Crippen LogP contribution < -0.4 is 16.2 Å². The smallest absolute Gasteiger partial charge is 0.272 e. The summed E-state index contributed by atoms with van der Waals surface area (Å²) in [6.07, 6.45) is 4.29. The average molecular weight is 529 g/mol. The lowest BCUT2D eigenvalue weighted by atomic mass is 10.0. The molecule has 38 heavy (non-hydrogen) atoms. The molecule has 4 heterocycles. The van der Waals surface area contributed by atoms with Crippen molar-refractivity contribution in [3.8, 4) is 6.07 Å². The van der Waals surface area contributed by atoms with E-state index in [1.54, 1.807) is 47.1 Å². The number of pyridine rings is 2. The Hall–Kier alpha value is -4.49. The van der Waals surface area contributed by atoms with Crippen molar-refractivity contribution in [2.24, 2.45) is 7.05 Å². The SMILES string of the molecule is Cn1c(=O)cc(NC(C)(C)c2ncccn2)c2cc(Nc3cc(C(=O)N4CCC4)nc(Cl)c3C#N)ccc21. The minimum atomic E-state index is -0.678. The number of hydrogen-bond acceptors (Lipinski definition) is 8. The molecule has 0 saturated carbocycles. The van der Waals surface area contributed by atoms with Crippen molar-refractivity contribution >= 4 is 45.5 Å². The van der Waals surface area contributed by atoms with Crippen LogP contribution in [0.5, 0.6) is 0 Å². The summed E-state index contributed by atoms with van der Waals surface area (Å²) in [4.78, 5) is 40.1. The predicted molar refractivity (Wildman–Crippen MR) is 146 cm³/mol. The number of aromatic nitrogens is 4. The molecule has 1 amide bonds. The minimum Gasteiger partial charge on any atom is -0.372 e. The predicted octanol–water partition coefficient (Wildman–Crippen LogP) is 4.19. The number of aryl methyl sites for hydroxylation is 1. The maximum Gasteiger partial charge on any atom is 0.272 e. The highest BCUT2D eigenvalue weighted by atomic mass is 35.5. The lowest BCUT2D eigenvalue weighted by Crippen LogP contribution is -2.42. The first-order valence-electron chi connectivity index (χ1n) is 12.0. The van der Waals surface area contributed by atoms with Crippen LogP contribution in [0.3, 0.4) is 0 Å². The molecule has 0 bridgehead atoms. The number of hydrogen-bond donors (Lipinski definition) is 2. The van der Waals surface area contributed by atoms with Gasteiger partial charge in [-0.05, 0) is 50.6 Å².